The molecule has 2 unspecified atom stereocenters. The molecule has 2 rings (SSSR count). The van der Waals surface area contributed by atoms with Crippen LogP contribution in [0, 0.1) is 16.0 Å². The molecule has 1 fully saturated rings. The molecule has 0 aliphatic carbocycles. The number of benzene rings is 1. The van der Waals surface area contributed by atoms with Gasteiger partial charge < -0.3 is 15.7 Å². The third-order valence-corrected chi connectivity index (χ3v) is 3.67. The fraction of sp³-hybridized carbons (Fsp3) is 0.462. The highest BCUT2D eigenvalue weighted by atomic mass is 16.6. The molecule has 0 saturated carbocycles. The highest BCUT2D eigenvalue weighted by Crippen LogP contribution is 2.25. The van der Waals surface area contributed by atoms with Crippen LogP contribution >= 0.6 is 0 Å². The van der Waals surface area contributed by atoms with Crippen LogP contribution in [0.3, 0.4) is 0 Å². The smallest absolute Gasteiger partial charge is 0.292 e. The minimum absolute atomic E-state index is 0.0369. The van der Waals surface area contributed by atoms with Gasteiger partial charge in [-0.2, -0.15) is 0 Å². The van der Waals surface area contributed by atoms with E-state index in [0.29, 0.717) is 13.1 Å². The number of rotatable bonds is 3. The van der Waals surface area contributed by atoms with Crippen molar-refractivity contribution >= 4 is 17.3 Å². The van der Waals surface area contributed by atoms with Crippen molar-refractivity contribution in [1.82, 2.24) is 4.90 Å². The molecule has 1 aromatic rings. The first-order valence-electron chi connectivity index (χ1n) is 6.41. The number of nitrogens with two attached hydrogens (primary N) is 1. The van der Waals surface area contributed by atoms with E-state index < -0.39 is 11.0 Å². The van der Waals surface area contributed by atoms with Crippen LogP contribution in [0.25, 0.3) is 0 Å². The van der Waals surface area contributed by atoms with Gasteiger partial charge in [-0.15, -0.1) is 0 Å². The molecular formula is C13H17N3O4. The fourth-order valence-electron chi connectivity index (χ4n) is 2.38. The van der Waals surface area contributed by atoms with E-state index in [0.717, 1.165) is 6.42 Å². The van der Waals surface area contributed by atoms with E-state index in [2.05, 4.69) is 0 Å². The molecule has 1 aliphatic rings. The van der Waals surface area contributed by atoms with Gasteiger partial charge >= 0.3 is 0 Å². The van der Waals surface area contributed by atoms with E-state index in [4.69, 9.17) is 5.73 Å². The van der Waals surface area contributed by atoms with Crippen LogP contribution in [0.5, 0.6) is 0 Å². The Bertz CT molecular complexity index is 544. The zero-order chi connectivity index (χ0) is 14.9. The number of aliphatic hydroxyl groups is 1. The molecule has 1 amide bonds. The molecule has 108 valence electrons. The van der Waals surface area contributed by atoms with Crippen molar-refractivity contribution in [1.29, 1.82) is 0 Å². The summed E-state index contributed by atoms with van der Waals surface area (Å²) in [7, 11) is 0. The SMILES string of the molecule is CC(O)C1CCN(C(=O)c2ccc(N)c([N+](=O)[O-])c2)C1. The lowest BCUT2D eigenvalue weighted by molar-refractivity contribution is -0.383. The summed E-state index contributed by atoms with van der Waals surface area (Å²) < 4.78 is 0. The van der Waals surface area contributed by atoms with Crippen molar-refractivity contribution in [2.75, 3.05) is 18.8 Å². The van der Waals surface area contributed by atoms with Crippen LogP contribution in [0.2, 0.25) is 0 Å². The van der Waals surface area contributed by atoms with Crippen LogP contribution in [0.15, 0.2) is 18.2 Å². The molecule has 3 N–H and O–H groups in total. The molecule has 2 atom stereocenters. The van der Waals surface area contributed by atoms with Gasteiger partial charge in [-0.3, -0.25) is 14.9 Å². The minimum Gasteiger partial charge on any atom is -0.393 e. The molecule has 7 nitrogen and oxygen atoms in total. The van der Waals surface area contributed by atoms with Gasteiger partial charge in [0, 0.05) is 30.6 Å². The second-order valence-electron chi connectivity index (χ2n) is 5.07. The molecule has 0 aromatic heterocycles. The molecule has 0 spiro atoms. The number of nitrogen functional groups attached to an aromatic ring is 1. The first-order chi connectivity index (χ1) is 9.40. The predicted molar refractivity (Wildman–Crippen MR) is 73.2 cm³/mol. The Balaban J connectivity index is 2.18. The molecule has 7 heteroatoms. The number of amides is 1. The maximum absolute atomic E-state index is 12.3. The maximum Gasteiger partial charge on any atom is 0.292 e. The Kier molecular flexibility index (Phi) is 3.89. The number of carbonyl (C=O) groups excluding carboxylic acids is 1. The normalized spacial score (nSPS) is 19.9. The van der Waals surface area contributed by atoms with Crippen LogP contribution in [0.1, 0.15) is 23.7 Å². The van der Waals surface area contributed by atoms with Crippen molar-refractivity contribution in [3.05, 3.63) is 33.9 Å². The summed E-state index contributed by atoms with van der Waals surface area (Å²) in [6.07, 6.45) is 0.272. The lowest BCUT2D eigenvalue weighted by Crippen LogP contribution is -2.30. The van der Waals surface area contributed by atoms with Gasteiger partial charge in [0.05, 0.1) is 11.0 Å². The van der Waals surface area contributed by atoms with Gasteiger partial charge in [0.15, 0.2) is 0 Å². The summed E-state index contributed by atoms with van der Waals surface area (Å²) in [5.41, 5.74) is 5.53. The summed E-state index contributed by atoms with van der Waals surface area (Å²) in [4.78, 5) is 24.1. The zero-order valence-corrected chi connectivity index (χ0v) is 11.2. The van der Waals surface area contributed by atoms with E-state index >= 15 is 0 Å². The largest absolute Gasteiger partial charge is 0.393 e. The quantitative estimate of drug-likeness (QED) is 0.487. The van der Waals surface area contributed by atoms with Gasteiger partial charge in [0.25, 0.3) is 11.6 Å². The second-order valence-corrected chi connectivity index (χ2v) is 5.07. The first-order valence-corrected chi connectivity index (χ1v) is 6.41. The maximum atomic E-state index is 12.3. The van der Waals surface area contributed by atoms with Gasteiger partial charge in [0.2, 0.25) is 0 Å². The van der Waals surface area contributed by atoms with Gasteiger partial charge in [0.1, 0.15) is 5.69 Å². The van der Waals surface area contributed by atoms with E-state index in [-0.39, 0.29) is 28.8 Å². The number of nitro benzene ring substituents is 1. The van der Waals surface area contributed by atoms with Crippen molar-refractivity contribution in [3.63, 3.8) is 0 Å². The van der Waals surface area contributed by atoms with E-state index in [9.17, 15) is 20.0 Å². The number of aliphatic hydroxyl groups excluding tert-OH is 1. The predicted octanol–water partition coefficient (Wildman–Crippen LogP) is 1.02. The Morgan fingerprint density at radius 2 is 2.30 bits per heavy atom. The van der Waals surface area contributed by atoms with Crippen LogP contribution < -0.4 is 5.73 Å². The molecule has 20 heavy (non-hydrogen) atoms. The topological polar surface area (TPSA) is 110 Å². The number of anilines is 1. The average Bonchev–Trinajstić information content (AvgIpc) is 2.87. The number of hydrogen-bond donors (Lipinski definition) is 2. The Hall–Kier alpha value is -2.15. The number of nitro groups is 1. The highest BCUT2D eigenvalue weighted by molar-refractivity contribution is 5.95. The van der Waals surface area contributed by atoms with E-state index in [1.165, 1.54) is 18.2 Å². The van der Waals surface area contributed by atoms with Crippen molar-refractivity contribution in [3.8, 4) is 0 Å². The zero-order valence-electron chi connectivity index (χ0n) is 11.2. The number of carbonyl (C=O) groups is 1. The third kappa shape index (κ3) is 2.72. The molecule has 1 saturated heterocycles. The first kappa shape index (κ1) is 14.3. The Morgan fingerprint density at radius 3 is 2.85 bits per heavy atom. The third-order valence-electron chi connectivity index (χ3n) is 3.67. The standard InChI is InChI=1S/C13H17N3O4/c1-8(17)10-4-5-15(7-10)13(18)9-2-3-11(14)12(6-9)16(19)20/h2-3,6,8,10,17H,4-5,7,14H2,1H3. The summed E-state index contributed by atoms with van der Waals surface area (Å²) in [6, 6.07) is 4.06. The molecule has 0 bridgehead atoms. The lowest BCUT2D eigenvalue weighted by atomic mass is 10.0. The number of likely N-dealkylation sites (tertiary alicyclic amines) is 1. The Labute approximate surface area is 116 Å². The van der Waals surface area contributed by atoms with Crippen LogP contribution in [-0.2, 0) is 0 Å². The highest BCUT2D eigenvalue weighted by Gasteiger charge is 2.30. The van der Waals surface area contributed by atoms with E-state index in [1.807, 2.05) is 0 Å². The summed E-state index contributed by atoms with van der Waals surface area (Å²) in [5.74, 6) is -0.209. The number of nitrogens with zero attached hydrogens (tertiary/aromatic N) is 2. The van der Waals surface area contributed by atoms with Crippen LogP contribution in [-0.4, -0.2) is 40.0 Å². The van der Waals surface area contributed by atoms with Crippen molar-refractivity contribution in [2.24, 2.45) is 5.92 Å². The average molecular weight is 279 g/mol. The summed E-state index contributed by atoms with van der Waals surface area (Å²) in [6.45, 7) is 2.72. The minimum atomic E-state index is -0.602. The van der Waals surface area contributed by atoms with Gasteiger partial charge in [-0.1, -0.05) is 0 Å². The molecular weight excluding hydrogens is 262 g/mol. The fourth-order valence-corrected chi connectivity index (χ4v) is 2.38. The molecule has 1 aliphatic heterocycles. The molecule has 0 radical (unpaired) electrons. The monoisotopic (exact) mass is 279 g/mol. The van der Waals surface area contributed by atoms with Crippen LogP contribution in [0.4, 0.5) is 11.4 Å². The molecule has 1 heterocycles. The second kappa shape index (κ2) is 5.46. The summed E-state index contributed by atoms with van der Waals surface area (Å²) in [5, 5.41) is 20.4. The van der Waals surface area contributed by atoms with Gasteiger partial charge in [-0.25, -0.2) is 0 Å². The lowest BCUT2D eigenvalue weighted by Gasteiger charge is -2.17. The van der Waals surface area contributed by atoms with Crippen molar-refractivity contribution in [2.45, 2.75) is 19.4 Å². The molecule has 1 aromatic carbocycles. The van der Waals surface area contributed by atoms with E-state index in [1.54, 1.807) is 11.8 Å². The van der Waals surface area contributed by atoms with Gasteiger partial charge in [-0.05, 0) is 25.5 Å². The Morgan fingerprint density at radius 1 is 1.60 bits per heavy atom. The summed E-state index contributed by atoms with van der Waals surface area (Å²) >= 11 is 0. The van der Waals surface area contributed by atoms with Crippen molar-refractivity contribution < 1.29 is 14.8 Å². The number of hydrogen-bond acceptors (Lipinski definition) is 5.